The number of fused-ring (bicyclic) bond motifs is 1. The third-order valence-electron chi connectivity index (χ3n) is 6.26. The first kappa shape index (κ1) is 19.7. The molecule has 1 N–H and O–H groups in total. The second kappa shape index (κ2) is 8.49. The zero-order chi connectivity index (χ0) is 20.5. The number of rotatable bonds is 5. The normalized spacial score (nSPS) is 19.1. The van der Waals surface area contributed by atoms with Crippen molar-refractivity contribution in [1.29, 1.82) is 0 Å². The molecule has 1 atom stereocenters. The Morgan fingerprint density at radius 3 is 2.87 bits per heavy atom. The number of ether oxygens (including phenoxy) is 1. The molecule has 30 heavy (non-hydrogen) atoms. The number of aryl methyl sites for hydroxylation is 2. The SMILES string of the molecule is Cc1ccc(-n2ncc3c2CCC[C@@H]3NCc2cnc(N3CCOCC3)s2)cc1C. The molecular weight excluding hydrogens is 394 g/mol. The minimum absolute atomic E-state index is 0.350. The van der Waals surface area contributed by atoms with Gasteiger partial charge in [-0.25, -0.2) is 9.67 Å². The topological polar surface area (TPSA) is 55.2 Å². The summed E-state index contributed by atoms with van der Waals surface area (Å²) >= 11 is 1.79. The number of hydrogen-bond acceptors (Lipinski definition) is 6. The summed E-state index contributed by atoms with van der Waals surface area (Å²) in [4.78, 5) is 8.25. The van der Waals surface area contributed by atoms with Crippen molar-refractivity contribution >= 4 is 16.5 Å². The molecule has 1 fully saturated rings. The molecule has 1 aliphatic carbocycles. The van der Waals surface area contributed by atoms with Crippen LogP contribution in [0, 0.1) is 13.8 Å². The molecule has 5 rings (SSSR count). The van der Waals surface area contributed by atoms with Gasteiger partial charge in [-0.05, 0) is 56.4 Å². The number of anilines is 1. The summed E-state index contributed by atoms with van der Waals surface area (Å²) in [6.45, 7) is 8.63. The van der Waals surface area contributed by atoms with Gasteiger partial charge >= 0.3 is 0 Å². The molecule has 0 radical (unpaired) electrons. The molecule has 1 saturated heterocycles. The average Bonchev–Trinajstić information content (AvgIpc) is 3.42. The quantitative estimate of drug-likeness (QED) is 0.673. The summed E-state index contributed by atoms with van der Waals surface area (Å²) in [6, 6.07) is 6.96. The Morgan fingerprint density at radius 1 is 1.17 bits per heavy atom. The van der Waals surface area contributed by atoms with Crippen molar-refractivity contribution in [3.63, 3.8) is 0 Å². The summed E-state index contributed by atoms with van der Waals surface area (Å²) in [6.07, 6.45) is 7.50. The van der Waals surface area contributed by atoms with Crippen LogP contribution in [0.3, 0.4) is 0 Å². The minimum atomic E-state index is 0.350. The van der Waals surface area contributed by atoms with Crippen LogP contribution in [0.5, 0.6) is 0 Å². The van der Waals surface area contributed by atoms with Crippen molar-refractivity contribution in [2.24, 2.45) is 0 Å². The molecule has 2 aliphatic rings. The Labute approximate surface area is 181 Å². The number of benzene rings is 1. The minimum Gasteiger partial charge on any atom is -0.378 e. The summed E-state index contributed by atoms with van der Waals surface area (Å²) in [5, 5.41) is 9.64. The standard InChI is InChI=1S/C23H29N5OS/c1-16-6-7-18(12-17(16)2)28-22-5-3-4-21(20(22)15-26-28)24-13-19-14-25-23(30-19)27-8-10-29-11-9-27/h6-7,12,14-15,21,24H,3-5,8-11,13H2,1-2H3/t21-/m0/s1. The van der Waals surface area contributed by atoms with E-state index >= 15 is 0 Å². The van der Waals surface area contributed by atoms with Crippen LogP contribution in [0.2, 0.25) is 0 Å². The number of nitrogens with zero attached hydrogens (tertiary/aromatic N) is 4. The highest BCUT2D eigenvalue weighted by Gasteiger charge is 2.25. The number of hydrogen-bond donors (Lipinski definition) is 1. The van der Waals surface area contributed by atoms with Crippen molar-refractivity contribution in [2.45, 2.75) is 45.7 Å². The smallest absolute Gasteiger partial charge is 0.185 e. The molecule has 0 bridgehead atoms. The lowest BCUT2D eigenvalue weighted by molar-refractivity contribution is 0.122. The Balaban J connectivity index is 1.29. The predicted octanol–water partition coefficient (Wildman–Crippen LogP) is 3.95. The summed E-state index contributed by atoms with van der Waals surface area (Å²) in [5.41, 5.74) is 6.49. The molecule has 1 aromatic carbocycles. The molecule has 0 amide bonds. The molecule has 158 valence electrons. The lowest BCUT2D eigenvalue weighted by Gasteiger charge is -2.26. The van der Waals surface area contributed by atoms with Gasteiger partial charge in [-0.1, -0.05) is 6.07 Å². The Hall–Kier alpha value is -2.22. The summed E-state index contributed by atoms with van der Waals surface area (Å²) in [5.74, 6) is 0. The van der Waals surface area contributed by atoms with E-state index in [-0.39, 0.29) is 0 Å². The largest absolute Gasteiger partial charge is 0.378 e. The van der Waals surface area contributed by atoms with Gasteiger partial charge in [0.2, 0.25) is 0 Å². The molecule has 2 aromatic heterocycles. The second-order valence-corrected chi connectivity index (χ2v) is 9.35. The van der Waals surface area contributed by atoms with Crippen molar-refractivity contribution in [3.8, 4) is 5.69 Å². The van der Waals surface area contributed by atoms with E-state index in [2.05, 4.69) is 58.1 Å². The van der Waals surface area contributed by atoms with Crippen LogP contribution in [-0.4, -0.2) is 41.1 Å². The lowest BCUT2D eigenvalue weighted by Crippen LogP contribution is -2.36. The average molecular weight is 424 g/mol. The summed E-state index contributed by atoms with van der Waals surface area (Å²) in [7, 11) is 0. The van der Waals surface area contributed by atoms with Crippen LogP contribution in [-0.2, 0) is 17.7 Å². The van der Waals surface area contributed by atoms with Crippen LogP contribution >= 0.6 is 11.3 Å². The van der Waals surface area contributed by atoms with Crippen LogP contribution in [0.15, 0.2) is 30.6 Å². The van der Waals surface area contributed by atoms with Gasteiger partial charge in [0.15, 0.2) is 5.13 Å². The first-order valence-electron chi connectivity index (χ1n) is 10.8. The van der Waals surface area contributed by atoms with Gasteiger partial charge in [0, 0.05) is 48.0 Å². The Morgan fingerprint density at radius 2 is 2.03 bits per heavy atom. The molecule has 0 spiro atoms. The van der Waals surface area contributed by atoms with Crippen molar-refractivity contribution < 1.29 is 4.74 Å². The fourth-order valence-corrected chi connectivity index (χ4v) is 5.26. The van der Waals surface area contributed by atoms with Gasteiger partial charge < -0.3 is 15.0 Å². The third kappa shape index (κ3) is 3.89. The van der Waals surface area contributed by atoms with E-state index in [0.717, 1.165) is 56.5 Å². The fraction of sp³-hybridized carbons (Fsp3) is 0.478. The number of aromatic nitrogens is 3. The second-order valence-electron chi connectivity index (χ2n) is 8.26. The maximum atomic E-state index is 5.45. The van der Waals surface area contributed by atoms with Gasteiger partial charge in [0.1, 0.15) is 0 Å². The number of morpholine rings is 1. The molecule has 0 saturated carbocycles. The van der Waals surface area contributed by atoms with Gasteiger partial charge in [-0.3, -0.25) is 0 Å². The van der Waals surface area contributed by atoms with Crippen LogP contribution in [0.25, 0.3) is 5.69 Å². The van der Waals surface area contributed by atoms with Crippen LogP contribution in [0.1, 0.15) is 46.1 Å². The third-order valence-corrected chi connectivity index (χ3v) is 7.32. The monoisotopic (exact) mass is 423 g/mol. The first-order valence-corrected chi connectivity index (χ1v) is 11.7. The van der Waals surface area contributed by atoms with E-state index in [0.29, 0.717) is 6.04 Å². The molecule has 0 unspecified atom stereocenters. The van der Waals surface area contributed by atoms with E-state index < -0.39 is 0 Å². The van der Waals surface area contributed by atoms with E-state index in [4.69, 9.17) is 9.84 Å². The fourth-order valence-electron chi connectivity index (χ4n) is 4.35. The maximum absolute atomic E-state index is 5.45. The van der Waals surface area contributed by atoms with Gasteiger partial charge in [-0.2, -0.15) is 5.10 Å². The lowest BCUT2D eigenvalue weighted by atomic mass is 9.93. The van der Waals surface area contributed by atoms with E-state index in [1.807, 2.05) is 6.20 Å². The maximum Gasteiger partial charge on any atom is 0.185 e. The zero-order valence-corrected chi connectivity index (χ0v) is 18.5. The molecule has 1 aliphatic heterocycles. The van der Waals surface area contributed by atoms with Crippen molar-refractivity contribution in [2.75, 3.05) is 31.2 Å². The Bertz CT molecular complexity index is 1020. The van der Waals surface area contributed by atoms with Crippen molar-refractivity contribution in [1.82, 2.24) is 20.1 Å². The number of nitrogens with one attached hydrogen (secondary N) is 1. The number of thiazole rings is 1. The summed E-state index contributed by atoms with van der Waals surface area (Å²) < 4.78 is 7.59. The van der Waals surface area contributed by atoms with E-state index in [1.54, 1.807) is 11.3 Å². The van der Waals surface area contributed by atoms with Gasteiger partial charge in [0.05, 0.1) is 25.1 Å². The van der Waals surface area contributed by atoms with Crippen molar-refractivity contribution in [3.05, 3.63) is 57.9 Å². The molecule has 7 heteroatoms. The predicted molar refractivity (Wildman–Crippen MR) is 121 cm³/mol. The van der Waals surface area contributed by atoms with E-state index in [9.17, 15) is 0 Å². The molecular formula is C23H29N5OS. The Kier molecular flexibility index (Phi) is 5.58. The zero-order valence-electron chi connectivity index (χ0n) is 17.7. The molecule has 6 nitrogen and oxygen atoms in total. The van der Waals surface area contributed by atoms with E-state index in [1.165, 1.54) is 33.7 Å². The molecule has 3 heterocycles. The highest BCUT2D eigenvalue weighted by atomic mass is 32.1. The molecule has 3 aromatic rings. The first-order chi connectivity index (χ1) is 14.7. The van der Waals surface area contributed by atoms with Crippen LogP contribution < -0.4 is 10.2 Å². The highest BCUT2D eigenvalue weighted by molar-refractivity contribution is 7.15. The highest BCUT2D eigenvalue weighted by Crippen LogP contribution is 2.32. The van der Waals surface area contributed by atoms with Gasteiger partial charge in [-0.15, -0.1) is 11.3 Å². The van der Waals surface area contributed by atoms with Gasteiger partial charge in [0.25, 0.3) is 0 Å². The van der Waals surface area contributed by atoms with Crippen LogP contribution in [0.4, 0.5) is 5.13 Å².